The summed E-state index contributed by atoms with van der Waals surface area (Å²) in [6.45, 7) is -0.138. The highest BCUT2D eigenvalue weighted by Gasteiger charge is 2.32. The molecule has 3 rings (SSSR count). The van der Waals surface area contributed by atoms with Crippen LogP contribution in [-0.2, 0) is 4.79 Å². The smallest absolute Gasteiger partial charge is 0.481 e. The summed E-state index contributed by atoms with van der Waals surface area (Å²) in [6, 6.07) is 12.9. The number of ether oxygens (including phenoxy) is 2. The predicted molar refractivity (Wildman–Crippen MR) is 134 cm³/mol. The Morgan fingerprint density at radius 3 is 1.55 bits per heavy atom. The standard InChI is InChI=1S/C28H19F6NO7/c29-27(30,31)41-20-9-5-16(6-10-20)22(15-23(36)17-7-11-21(12-8-17)42-28(32,33)34)25(39)18-1-3-19(4-2-18)26(40)35-14-13-24(37)38/h1-12,15H,13-14H2,(H,35,40)(H,37,38)/b22-15-. The molecule has 0 heterocycles. The van der Waals surface area contributed by atoms with Gasteiger partial charge < -0.3 is 19.9 Å². The lowest BCUT2D eigenvalue weighted by atomic mass is 9.94. The van der Waals surface area contributed by atoms with Gasteiger partial charge in [-0.3, -0.25) is 19.2 Å². The Kier molecular flexibility index (Phi) is 9.73. The van der Waals surface area contributed by atoms with E-state index >= 15 is 0 Å². The van der Waals surface area contributed by atoms with E-state index in [1.807, 2.05) is 0 Å². The van der Waals surface area contributed by atoms with Gasteiger partial charge in [0.15, 0.2) is 11.6 Å². The van der Waals surface area contributed by atoms with E-state index in [2.05, 4.69) is 14.8 Å². The lowest BCUT2D eigenvalue weighted by Gasteiger charge is -2.12. The molecule has 2 N–H and O–H groups in total. The summed E-state index contributed by atoms with van der Waals surface area (Å²) in [6.07, 6.45) is -9.37. The van der Waals surface area contributed by atoms with E-state index in [-0.39, 0.29) is 40.8 Å². The Balaban J connectivity index is 1.92. The van der Waals surface area contributed by atoms with E-state index < -0.39 is 47.7 Å². The minimum atomic E-state index is -4.98. The van der Waals surface area contributed by atoms with Crippen LogP contribution in [0.3, 0.4) is 0 Å². The van der Waals surface area contributed by atoms with Crippen LogP contribution in [0.4, 0.5) is 26.3 Å². The van der Waals surface area contributed by atoms with Gasteiger partial charge in [-0.2, -0.15) is 0 Å². The largest absolute Gasteiger partial charge is 0.573 e. The quantitative estimate of drug-likeness (QED) is 0.163. The number of Topliss-reactive ketones (excluding diaryl/α,β-unsaturated/α-hetero) is 1. The number of carbonyl (C=O) groups excluding carboxylic acids is 3. The SMILES string of the molecule is O=C(O)CCNC(=O)c1ccc(C(=O)/C(=C\C(=O)c2ccc(OC(F)(F)F)cc2)c2ccc(OC(F)(F)F)cc2)cc1. The number of carboxylic acid groups (broad SMARTS) is 1. The first-order valence-electron chi connectivity index (χ1n) is 11.7. The maximum absolute atomic E-state index is 13.4. The summed E-state index contributed by atoms with van der Waals surface area (Å²) in [4.78, 5) is 49.2. The van der Waals surface area contributed by atoms with Crippen molar-refractivity contribution in [2.24, 2.45) is 0 Å². The molecule has 0 aliphatic heterocycles. The number of hydrogen-bond acceptors (Lipinski definition) is 6. The zero-order chi connectivity index (χ0) is 31.1. The van der Waals surface area contributed by atoms with Gasteiger partial charge in [0.1, 0.15) is 11.5 Å². The van der Waals surface area contributed by atoms with Crippen LogP contribution in [0.2, 0.25) is 0 Å². The molecule has 3 aromatic rings. The highest BCUT2D eigenvalue weighted by molar-refractivity contribution is 6.32. The van der Waals surface area contributed by atoms with Crippen molar-refractivity contribution >= 4 is 29.0 Å². The highest BCUT2D eigenvalue weighted by Crippen LogP contribution is 2.28. The number of rotatable bonds is 11. The Morgan fingerprint density at radius 2 is 1.10 bits per heavy atom. The number of amides is 1. The molecule has 0 fully saturated rings. The van der Waals surface area contributed by atoms with Crippen LogP contribution < -0.4 is 14.8 Å². The normalized spacial score (nSPS) is 11.9. The van der Waals surface area contributed by atoms with Gasteiger partial charge in [0.25, 0.3) is 5.91 Å². The van der Waals surface area contributed by atoms with Crippen LogP contribution in [0.1, 0.15) is 43.1 Å². The fraction of sp³-hybridized carbons (Fsp3) is 0.143. The van der Waals surface area contributed by atoms with Crippen LogP contribution in [0.5, 0.6) is 11.5 Å². The lowest BCUT2D eigenvalue weighted by molar-refractivity contribution is -0.275. The maximum atomic E-state index is 13.4. The van der Waals surface area contributed by atoms with E-state index in [0.29, 0.717) is 0 Å². The van der Waals surface area contributed by atoms with Crippen molar-refractivity contribution < 1.29 is 60.1 Å². The van der Waals surface area contributed by atoms with Gasteiger partial charge in [0.05, 0.1) is 6.42 Å². The average Bonchev–Trinajstić information content (AvgIpc) is 2.90. The first-order valence-corrected chi connectivity index (χ1v) is 11.7. The topological polar surface area (TPSA) is 119 Å². The Labute approximate surface area is 233 Å². The summed E-state index contributed by atoms with van der Waals surface area (Å²) in [5, 5.41) is 11.1. The number of benzene rings is 3. The molecule has 0 bridgehead atoms. The molecule has 1 amide bonds. The molecule has 42 heavy (non-hydrogen) atoms. The number of ketones is 2. The van der Waals surface area contributed by atoms with Crippen molar-refractivity contribution in [1.29, 1.82) is 0 Å². The van der Waals surface area contributed by atoms with Crippen LogP contribution in [0.25, 0.3) is 5.57 Å². The molecule has 0 aliphatic rings. The van der Waals surface area contributed by atoms with E-state index in [4.69, 9.17) is 5.11 Å². The summed E-state index contributed by atoms with van der Waals surface area (Å²) in [5.41, 5.74) is -0.336. The summed E-state index contributed by atoms with van der Waals surface area (Å²) in [7, 11) is 0. The third-order valence-electron chi connectivity index (χ3n) is 5.33. The second-order valence-corrected chi connectivity index (χ2v) is 8.37. The van der Waals surface area contributed by atoms with Gasteiger partial charge in [-0.25, -0.2) is 0 Å². The van der Waals surface area contributed by atoms with Crippen LogP contribution in [0, 0.1) is 0 Å². The Morgan fingerprint density at radius 1 is 0.667 bits per heavy atom. The monoisotopic (exact) mass is 595 g/mol. The Hall–Kier alpha value is -5.14. The Bertz CT molecular complexity index is 1480. The number of carbonyl (C=O) groups is 4. The third-order valence-corrected chi connectivity index (χ3v) is 5.33. The van der Waals surface area contributed by atoms with E-state index in [0.717, 1.165) is 54.6 Å². The predicted octanol–water partition coefficient (Wildman–Crippen LogP) is 5.84. The van der Waals surface area contributed by atoms with Crippen molar-refractivity contribution in [3.05, 3.63) is 101 Å². The summed E-state index contributed by atoms with van der Waals surface area (Å²) in [5.74, 6) is -4.51. The van der Waals surface area contributed by atoms with Gasteiger partial charge in [-0.1, -0.05) is 24.3 Å². The van der Waals surface area contributed by atoms with E-state index in [1.165, 1.54) is 24.3 Å². The van der Waals surface area contributed by atoms with Gasteiger partial charge in [-0.05, 0) is 60.2 Å². The van der Waals surface area contributed by atoms with E-state index in [9.17, 15) is 45.5 Å². The van der Waals surface area contributed by atoms with Crippen molar-refractivity contribution in [2.45, 2.75) is 19.1 Å². The minimum absolute atomic E-state index is 0.00962. The van der Waals surface area contributed by atoms with Gasteiger partial charge in [0, 0.05) is 28.8 Å². The maximum Gasteiger partial charge on any atom is 0.573 e. The summed E-state index contributed by atoms with van der Waals surface area (Å²) >= 11 is 0. The molecule has 220 valence electrons. The fourth-order valence-corrected chi connectivity index (χ4v) is 3.46. The molecule has 0 aliphatic carbocycles. The van der Waals surface area contributed by atoms with Crippen LogP contribution in [0.15, 0.2) is 78.9 Å². The van der Waals surface area contributed by atoms with Crippen molar-refractivity contribution in [1.82, 2.24) is 5.32 Å². The van der Waals surface area contributed by atoms with Gasteiger partial charge in [-0.15, -0.1) is 26.3 Å². The molecule has 0 spiro atoms. The fourth-order valence-electron chi connectivity index (χ4n) is 3.46. The van der Waals surface area contributed by atoms with Crippen molar-refractivity contribution in [2.75, 3.05) is 6.54 Å². The number of aliphatic carboxylic acids is 1. The van der Waals surface area contributed by atoms with Crippen LogP contribution in [-0.4, -0.2) is 47.8 Å². The number of alkyl halides is 6. The second-order valence-electron chi connectivity index (χ2n) is 8.37. The van der Waals surface area contributed by atoms with Gasteiger partial charge >= 0.3 is 18.7 Å². The lowest BCUT2D eigenvalue weighted by Crippen LogP contribution is -2.26. The van der Waals surface area contributed by atoms with E-state index in [1.54, 1.807) is 0 Å². The molecule has 0 radical (unpaired) electrons. The molecule has 0 saturated heterocycles. The number of nitrogens with one attached hydrogen (secondary N) is 1. The number of hydrogen-bond donors (Lipinski definition) is 2. The first-order chi connectivity index (χ1) is 19.6. The molecule has 3 aromatic carbocycles. The molecule has 0 unspecified atom stereocenters. The second kappa shape index (κ2) is 13.0. The highest BCUT2D eigenvalue weighted by atomic mass is 19.4. The minimum Gasteiger partial charge on any atom is -0.481 e. The molecule has 8 nitrogen and oxygen atoms in total. The molecule has 14 heteroatoms. The van der Waals surface area contributed by atoms with Gasteiger partial charge in [0.2, 0.25) is 0 Å². The molecular weight excluding hydrogens is 576 g/mol. The zero-order valence-corrected chi connectivity index (χ0v) is 21.1. The molecule has 0 saturated carbocycles. The molecule has 0 aromatic heterocycles. The number of carboxylic acids is 1. The van der Waals surface area contributed by atoms with Crippen molar-refractivity contribution in [3.8, 4) is 11.5 Å². The number of halogens is 6. The van der Waals surface area contributed by atoms with Crippen LogP contribution >= 0.6 is 0 Å². The molecule has 0 atom stereocenters. The number of allylic oxidation sites excluding steroid dienone is 2. The molecular formula is C28H19F6NO7. The van der Waals surface area contributed by atoms with Crippen molar-refractivity contribution in [3.63, 3.8) is 0 Å². The summed E-state index contributed by atoms with van der Waals surface area (Å²) < 4.78 is 82.6. The first kappa shape index (κ1) is 31.4. The zero-order valence-electron chi connectivity index (χ0n) is 21.1. The average molecular weight is 595 g/mol. The third kappa shape index (κ3) is 9.50.